The van der Waals surface area contributed by atoms with Crippen LogP contribution in [0.4, 0.5) is 0 Å². The lowest BCUT2D eigenvalue weighted by atomic mass is 9.99. The number of thioether (sulfide) groups is 1. The Labute approximate surface area is 148 Å². The molecule has 1 saturated carbocycles. The summed E-state index contributed by atoms with van der Waals surface area (Å²) in [7, 11) is 0. The largest absolute Gasteiger partial charge is 0.298 e. The van der Waals surface area contributed by atoms with Gasteiger partial charge in [0.1, 0.15) is 5.78 Å². The molecule has 122 valence electrons. The Bertz CT molecular complexity index is 827. The van der Waals surface area contributed by atoms with E-state index in [1.807, 2.05) is 47.8 Å². The fourth-order valence-electron chi connectivity index (χ4n) is 2.92. The summed E-state index contributed by atoms with van der Waals surface area (Å²) < 4.78 is 2.07. The minimum atomic E-state index is 0.00148. The molecule has 1 atom stereocenters. The Balaban J connectivity index is 1.75. The van der Waals surface area contributed by atoms with Gasteiger partial charge >= 0.3 is 0 Å². The van der Waals surface area contributed by atoms with E-state index in [2.05, 4.69) is 14.8 Å². The molecule has 0 aliphatic heterocycles. The first-order valence-corrected chi connectivity index (χ1v) is 9.83. The summed E-state index contributed by atoms with van der Waals surface area (Å²) in [5.41, 5.74) is 1.02. The van der Waals surface area contributed by atoms with Gasteiger partial charge in [-0.1, -0.05) is 42.4 Å². The Morgan fingerprint density at radius 1 is 1.08 bits per heavy atom. The first kappa shape index (κ1) is 15.6. The molecule has 0 radical (unpaired) electrons. The van der Waals surface area contributed by atoms with Crippen LogP contribution >= 0.6 is 23.1 Å². The molecule has 1 aromatic carbocycles. The third-order valence-electron chi connectivity index (χ3n) is 4.14. The Morgan fingerprint density at radius 3 is 2.71 bits per heavy atom. The molecule has 4 nitrogen and oxygen atoms in total. The molecule has 0 amide bonds. The lowest BCUT2D eigenvalue weighted by molar-refractivity contribution is -0.119. The van der Waals surface area contributed by atoms with E-state index in [4.69, 9.17) is 0 Å². The number of hydrogen-bond donors (Lipinski definition) is 0. The first-order valence-electron chi connectivity index (χ1n) is 8.07. The maximum atomic E-state index is 12.2. The molecule has 4 rings (SSSR count). The molecule has 0 saturated heterocycles. The van der Waals surface area contributed by atoms with E-state index < -0.39 is 0 Å². The number of hydrogen-bond acceptors (Lipinski definition) is 5. The molecule has 1 aliphatic rings. The molecule has 0 unspecified atom stereocenters. The van der Waals surface area contributed by atoms with Crippen molar-refractivity contribution in [2.45, 2.75) is 36.1 Å². The smallest absolute Gasteiger partial charge is 0.196 e. The molecule has 2 heterocycles. The van der Waals surface area contributed by atoms with E-state index >= 15 is 0 Å². The van der Waals surface area contributed by atoms with E-state index in [9.17, 15) is 4.79 Å². The second-order valence-electron chi connectivity index (χ2n) is 5.77. The van der Waals surface area contributed by atoms with Crippen molar-refractivity contribution in [2.24, 2.45) is 0 Å². The van der Waals surface area contributed by atoms with Crippen LogP contribution in [0, 0.1) is 0 Å². The molecule has 1 fully saturated rings. The zero-order chi connectivity index (χ0) is 16.4. The van der Waals surface area contributed by atoms with Crippen molar-refractivity contribution in [2.75, 3.05) is 0 Å². The van der Waals surface area contributed by atoms with E-state index in [0.29, 0.717) is 12.2 Å². The van der Waals surface area contributed by atoms with Gasteiger partial charge in [0, 0.05) is 12.1 Å². The van der Waals surface area contributed by atoms with Crippen LogP contribution in [0.1, 0.15) is 25.7 Å². The monoisotopic (exact) mass is 355 g/mol. The van der Waals surface area contributed by atoms with Gasteiger partial charge in [0.15, 0.2) is 11.0 Å². The van der Waals surface area contributed by atoms with Gasteiger partial charge in [0.05, 0.1) is 10.1 Å². The van der Waals surface area contributed by atoms with Gasteiger partial charge in [-0.05, 0) is 36.4 Å². The predicted molar refractivity (Wildman–Crippen MR) is 97.8 cm³/mol. The summed E-state index contributed by atoms with van der Waals surface area (Å²) in [4.78, 5) is 13.3. The van der Waals surface area contributed by atoms with Crippen LogP contribution in [0.25, 0.3) is 16.4 Å². The highest BCUT2D eigenvalue weighted by Gasteiger charge is 2.27. The summed E-state index contributed by atoms with van der Waals surface area (Å²) in [6.45, 7) is 0. The van der Waals surface area contributed by atoms with Gasteiger partial charge in [-0.2, -0.15) is 0 Å². The van der Waals surface area contributed by atoms with Gasteiger partial charge < -0.3 is 0 Å². The second-order valence-corrected chi connectivity index (χ2v) is 7.89. The summed E-state index contributed by atoms with van der Waals surface area (Å²) in [5, 5.41) is 11.7. The second kappa shape index (κ2) is 6.91. The number of nitrogens with zero attached hydrogens (tertiary/aromatic N) is 3. The molecule has 2 aromatic heterocycles. The van der Waals surface area contributed by atoms with Crippen molar-refractivity contribution in [3.63, 3.8) is 0 Å². The molecule has 3 aromatic rings. The summed E-state index contributed by atoms with van der Waals surface area (Å²) in [6.07, 6.45) is 3.75. The number of thiophene rings is 1. The average Bonchev–Trinajstić information content (AvgIpc) is 3.27. The van der Waals surface area contributed by atoms with Crippen molar-refractivity contribution in [1.82, 2.24) is 14.8 Å². The number of Topliss-reactive ketones (excluding diaryl/α,β-unsaturated/α-hetero) is 1. The van der Waals surface area contributed by atoms with E-state index in [0.717, 1.165) is 40.8 Å². The van der Waals surface area contributed by atoms with Gasteiger partial charge in [-0.25, -0.2) is 0 Å². The summed E-state index contributed by atoms with van der Waals surface area (Å²) in [6, 6.07) is 14.2. The number of carbonyl (C=O) groups excluding carboxylic acids is 1. The Kier molecular flexibility index (Phi) is 4.49. The van der Waals surface area contributed by atoms with Crippen LogP contribution < -0.4 is 0 Å². The van der Waals surface area contributed by atoms with Crippen molar-refractivity contribution in [3.05, 3.63) is 47.8 Å². The summed E-state index contributed by atoms with van der Waals surface area (Å²) in [5.74, 6) is 1.17. The normalized spacial score (nSPS) is 18.0. The molecule has 0 spiro atoms. The van der Waals surface area contributed by atoms with Crippen LogP contribution in [-0.4, -0.2) is 25.8 Å². The van der Waals surface area contributed by atoms with Crippen molar-refractivity contribution in [1.29, 1.82) is 0 Å². The van der Waals surface area contributed by atoms with Gasteiger partial charge in [0.25, 0.3) is 0 Å². The van der Waals surface area contributed by atoms with Gasteiger partial charge in [-0.3, -0.25) is 9.36 Å². The number of aromatic nitrogens is 3. The highest BCUT2D eigenvalue weighted by molar-refractivity contribution is 8.00. The summed E-state index contributed by atoms with van der Waals surface area (Å²) >= 11 is 3.20. The fourth-order valence-corrected chi connectivity index (χ4v) is 4.80. The average molecular weight is 355 g/mol. The maximum absolute atomic E-state index is 12.2. The molecule has 6 heteroatoms. The first-order chi connectivity index (χ1) is 11.8. The van der Waals surface area contributed by atoms with Crippen LogP contribution in [0.5, 0.6) is 0 Å². The highest BCUT2D eigenvalue weighted by atomic mass is 32.2. The zero-order valence-corrected chi connectivity index (χ0v) is 14.7. The molecule has 0 N–H and O–H groups in total. The Hall–Kier alpha value is -1.92. The molecular formula is C18H17N3OS2. The number of para-hydroxylation sites is 1. The third kappa shape index (κ3) is 3.03. The van der Waals surface area contributed by atoms with Crippen LogP contribution in [0.15, 0.2) is 53.0 Å². The van der Waals surface area contributed by atoms with Crippen molar-refractivity contribution >= 4 is 28.9 Å². The standard InChI is InChI=1S/C18H17N3OS2/c22-14-9-4-5-10-15(14)24-18-20-19-17(16-11-6-12-23-16)21(18)13-7-2-1-3-8-13/h1-3,6-8,11-12,15H,4-5,9-10H2/t15-/m1/s1. The minimum absolute atomic E-state index is 0.00148. The topological polar surface area (TPSA) is 47.8 Å². The quantitative estimate of drug-likeness (QED) is 0.686. The van der Waals surface area contributed by atoms with Crippen molar-refractivity contribution in [3.8, 4) is 16.4 Å². The van der Waals surface area contributed by atoms with Crippen LogP contribution in [-0.2, 0) is 4.79 Å². The minimum Gasteiger partial charge on any atom is -0.298 e. The molecular weight excluding hydrogens is 338 g/mol. The van der Waals surface area contributed by atoms with Gasteiger partial charge in [0.2, 0.25) is 0 Å². The third-order valence-corrected chi connectivity index (χ3v) is 6.26. The van der Waals surface area contributed by atoms with E-state index in [1.165, 1.54) is 0 Å². The Morgan fingerprint density at radius 2 is 1.96 bits per heavy atom. The molecule has 24 heavy (non-hydrogen) atoms. The van der Waals surface area contributed by atoms with Crippen molar-refractivity contribution < 1.29 is 4.79 Å². The zero-order valence-electron chi connectivity index (χ0n) is 13.1. The lowest BCUT2D eigenvalue weighted by Gasteiger charge is -2.19. The van der Waals surface area contributed by atoms with E-state index in [1.54, 1.807) is 23.1 Å². The number of carbonyl (C=O) groups is 1. The molecule has 0 bridgehead atoms. The number of benzene rings is 1. The maximum Gasteiger partial charge on any atom is 0.196 e. The predicted octanol–water partition coefficient (Wildman–Crippen LogP) is 4.60. The number of ketones is 1. The van der Waals surface area contributed by atoms with Gasteiger partial charge in [-0.15, -0.1) is 21.5 Å². The number of rotatable bonds is 4. The highest BCUT2D eigenvalue weighted by Crippen LogP contribution is 2.35. The SMILES string of the molecule is O=C1CCCC[C@H]1Sc1nnc(-c2cccs2)n1-c1ccccc1. The van der Waals surface area contributed by atoms with Crippen LogP contribution in [0.3, 0.4) is 0 Å². The molecule has 1 aliphatic carbocycles. The lowest BCUT2D eigenvalue weighted by Crippen LogP contribution is -2.21. The van der Waals surface area contributed by atoms with E-state index in [-0.39, 0.29) is 5.25 Å². The fraction of sp³-hybridized carbons (Fsp3) is 0.278. The van der Waals surface area contributed by atoms with Crippen LogP contribution in [0.2, 0.25) is 0 Å².